The molecule has 6 heteroatoms. The van der Waals surface area contributed by atoms with E-state index in [1.807, 2.05) is 23.6 Å². The maximum atomic E-state index is 12.7. The van der Waals surface area contributed by atoms with Gasteiger partial charge in [-0.2, -0.15) is 0 Å². The lowest BCUT2D eigenvalue weighted by Gasteiger charge is -2.36. The molecule has 2 aromatic rings. The summed E-state index contributed by atoms with van der Waals surface area (Å²) in [5, 5.41) is 5.77. The summed E-state index contributed by atoms with van der Waals surface area (Å²) in [5.41, 5.74) is 2.24. The van der Waals surface area contributed by atoms with Gasteiger partial charge in [0.15, 0.2) is 5.13 Å². The smallest absolute Gasteiger partial charge is 0.244 e. The topological polar surface area (TPSA) is 48.5 Å². The quantitative estimate of drug-likeness (QED) is 0.924. The Morgan fingerprint density at radius 1 is 1.21 bits per heavy atom. The van der Waals surface area contributed by atoms with Crippen LogP contribution in [0.25, 0.3) is 0 Å². The highest BCUT2D eigenvalue weighted by molar-refractivity contribution is 7.13. The van der Waals surface area contributed by atoms with E-state index in [0.717, 1.165) is 51.3 Å². The van der Waals surface area contributed by atoms with Crippen LogP contribution in [0.1, 0.15) is 17.7 Å². The summed E-state index contributed by atoms with van der Waals surface area (Å²) in [7, 11) is 0. The normalized spacial score (nSPS) is 26.1. The lowest BCUT2D eigenvalue weighted by molar-refractivity contribution is -0.122. The Morgan fingerprint density at radius 3 is 2.96 bits per heavy atom. The van der Waals surface area contributed by atoms with Gasteiger partial charge in [0.2, 0.25) is 5.91 Å². The van der Waals surface area contributed by atoms with Crippen LogP contribution < -0.4 is 5.32 Å². The van der Waals surface area contributed by atoms with Gasteiger partial charge in [-0.1, -0.05) is 30.3 Å². The summed E-state index contributed by atoms with van der Waals surface area (Å²) in [6.07, 6.45) is 1.96. The number of carbonyl (C=O) groups excluding carboxylic acids is 1. The molecule has 3 fully saturated rings. The molecule has 3 aliphatic rings. The number of thiazole rings is 1. The minimum absolute atomic E-state index is 0.0391. The second-order valence-corrected chi connectivity index (χ2v) is 7.36. The van der Waals surface area contributed by atoms with Gasteiger partial charge in [-0.05, 0) is 18.5 Å². The van der Waals surface area contributed by atoms with Gasteiger partial charge < -0.3 is 5.32 Å². The molecule has 4 heterocycles. The van der Waals surface area contributed by atoms with E-state index in [1.165, 1.54) is 16.9 Å². The highest BCUT2D eigenvalue weighted by atomic mass is 32.1. The zero-order chi connectivity index (χ0) is 16.4. The summed E-state index contributed by atoms with van der Waals surface area (Å²) in [6.45, 7) is 5.05. The van der Waals surface area contributed by atoms with E-state index in [0.29, 0.717) is 5.13 Å². The van der Waals surface area contributed by atoms with Crippen LogP contribution in [0.15, 0.2) is 35.7 Å². The largest absolute Gasteiger partial charge is 0.301 e. The van der Waals surface area contributed by atoms with Crippen molar-refractivity contribution in [2.24, 2.45) is 0 Å². The van der Waals surface area contributed by atoms with Gasteiger partial charge in [0.05, 0.1) is 5.69 Å². The van der Waals surface area contributed by atoms with Gasteiger partial charge in [0.1, 0.15) is 6.04 Å². The van der Waals surface area contributed by atoms with Crippen LogP contribution in [0.4, 0.5) is 5.13 Å². The van der Waals surface area contributed by atoms with E-state index in [2.05, 4.69) is 32.2 Å². The number of aromatic nitrogens is 1. The molecule has 5 nitrogen and oxygen atoms in total. The molecule has 126 valence electrons. The number of piperazine rings is 1. The Balaban J connectivity index is 1.39. The van der Waals surface area contributed by atoms with Crippen LogP contribution in [0.3, 0.4) is 0 Å². The lowest BCUT2D eigenvalue weighted by atomic mass is 10.1. The van der Waals surface area contributed by atoms with E-state index in [1.54, 1.807) is 0 Å². The number of carbonyl (C=O) groups is 1. The van der Waals surface area contributed by atoms with Crippen LogP contribution in [-0.2, 0) is 11.2 Å². The van der Waals surface area contributed by atoms with Crippen LogP contribution >= 0.6 is 11.3 Å². The average molecular weight is 342 g/mol. The number of hydrogen-bond acceptors (Lipinski definition) is 5. The van der Waals surface area contributed by atoms with Gasteiger partial charge in [-0.25, -0.2) is 4.98 Å². The Kier molecular flexibility index (Phi) is 4.60. The molecule has 2 unspecified atom stereocenters. The van der Waals surface area contributed by atoms with Crippen molar-refractivity contribution < 1.29 is 4.79 Å². The standard InChI is InChI=1S/C18H22N4OS/c23-17(16-12-21-7-4-8-22(16)10-9-21)20-18-19-15(13-24-18)11-14-5-2-1-3-6-14/h1-3,5-6,13,16H,4,7-12H2,(H,19,20,23)/t16-/m0/s1. The molecule has 5 rings (SSSR count). The Hall–Kier alpha value is -1.76. The van der Waals surface area contributed by atoms with Gasteiger partial charge >= 0.3 is 0 Å². The Bertz CT molecular complexity index is 698. The first kappa shape index (κ1) is 15.7. The zero-order valence-electron chi connectivity index (χ0n) is 13.6. The maximum absolute atomic E-state index is 12.7. The first-order valence-corrected chi connectivity index (χ1v) is 9.41. The van der Waals surface area contributed by atoms with Crippen molar-refractivity contribution in [3.05, 3.63) is 47.0 Å². The summed E-state index contributed by atoms with van der Waals surface area (Å²) in [6, 6.07) is 10.2. The minimum Gasteiger partial charge on any atom is -0.301 e. The molecule has 3 aliphatic heterocycles. The van der Waals surface area contributed by atoms with Crippen LogP contribution in [0.2, 0.25) is 0 Å². The molecule has 1 aromatic carbocycles. The fourth-order valence-corrected chi connectivity index (χ4v) is 4.25. The fourth-order valence-electron chi connectivity index (χ4n) is 3.53. The van der Waals surface area contributed by atoms with E-state index >= 15 is 0 Å². The fraction of sp³-hybridized carbons (Fsp3) is 0.444. The average Bonchev–Trinajstić information content (AvgIpc) is 2.82. The summed E-state index contributed by atoms with van der Waals surface area (Å²) < 4.78 is 0. The first-order valence-electron chi connectivity index (χ1n) is 8.53. The van der Waals surface area contributed by atoms with Crippen LogP contribution in [0, 0.1) is 0 Å². The Labute approximate surface area is 146 Å². The van der Waals surface area contributed by atoms with Crippen molar-refractivity contribution in [2.75, 3.05) is 38.0 Å². The summed E-state index contributed by atoms with van der Waals surface area (Å²) in [4.78, 5) is 22.0. The number of fused-ring (bicyclic) bond motifs is 4. The van der Waals surface area contributed by atoms with E-state index in [9.17, 15) is 4.79 Å². The van der Waals surface area contributed by atoms with Gasteiger partial charge in [-0.3, -0.25) is 14.6 Å². The lowest BCUT2D eigenvalue weighted by Crippen LogP contribution is -2.55. The van der Waals surface area contributed by atoms with Crippen molar-refractivity contribution in [3.63, 3.8) is 0 Å². The second-order valence-electron chi connectivity index (χ2n) is 6.50. The van der Waals surface area contributed by atoms with Gasteiger partial charge in [0, 0.05) is 38.0 Å². The van der Waals surface area contributed by atoms with Gasteiger partial charge in [0.25, 0.3) is 0 Å². The third-order valence-corrected chi connectivity index (χ3v) is 5.61. The number of amides is 1. The molecule has 1 amide bonds. The number of hydrogen-bond donors (Lipinski definition) is 1. The van der Waals surface area contributed by atoms with E-state index in [-0.39, 0.29) is 11.9 Å². The zero-order valence-corrected chi connectivity index (χ0v) is 14.5. The van der Waals surface area contributed by atoms with Crippen molar-refractivity contribution in [2.45, 2.75) is 18.9 Å². The number of benzene rings is 1. The second kappa shape index (κ2) is 7.01. The number of nitrogens with one attached hydrogen (secondary N) is 1. The Morgan fingerprint density at radius 2 is 2.08 bits per heavy atom. The highest BCUT2D eigenvalue weighted by Crippen LogP contribution is 2.21. The molecule has 0 radical (unpaired) electrons. The van der Waals surface area contributed by atoms with Crippen molar-refractivity contribution in [1.29, 1.82) is 0 Å². The molecular formula is C18H22N4OS. The number of anilines is 1. The summed E-state index contributed by atoms with van der Waals surface area (Å²) in [5.74, 6) is 0.0854. The predicted octanol–water partition coefficient (Wildman–Crippen LogP) is 2.06. The minimum atomic E-state index is -0.0391. The molecule has 2 bridgehead atoms. The van der Waals surface area contributed by atoms with Crippen molar-refractivity contribution in [3.8, 4) is 0 Å². The molecule has 3 saturated heterocycles. The number of rotatable bonds is 4. The van der Waals surface area contributed by atoms with Crippen LogP contribution in [0.5, 0.6) is 0 Å². The molecule has 1 aromatic heterocycles. The molecule has 0 spiro atoms. The molecular weight excluding hydrogens is 320 g/mol. The van der Waals surface area contributed by atoms with Gasteiger partial charge in [-0.15, -0.1) is 11.3 Å². The van der Waals surface area contributed by atoms with E-state index < -0.39 is 0 Å². The van der Waals surface area contributed by atoms with Crippen LogP contribution in [-0.4, -0.2) is 59.5 Å². The monoisotopic (exact) mass is 342 g/mol. The molecule has 0 aliphatic carbocycles. The van der Waals surface area contributed by atoms with Crippen molar-refractivity contribution >= 4 is 22.4 Å². The summed E-state index contributed by atoms with van der Waals surface area (Å²) >= 11 is 1.51. The predicted molar refractivity (Wildman–Crippen MR) is 96.4 cm³/mol. The SMILES string of the molecule is O=C(Nc1nc(Cc2ccccc2)cs1)[C@@H]1CN2CCCN1CC2. The van der Waals surface area contributed by atoms with Crippen molar-refractivity contribution in [1.82, 2.24) is 14.8 Å². The molecule has 24 heavy (non-hydrogen) atoms. The molecule has 1 N–H and O–H groups in total. The third-order valence-electron chi connectivity index (χ3n) is 4.81. The molecule has 0 saturated carbocycles. The first-order chi connectivity index (χ1) is 11.8. The van der Waals surface area contributed by atoms with E-state index in [4.69, 9.17) is 0 Å². The molecule has 3 atom stereocenters. The number of nitrogens with zero attached hydrogens (tertiary/aromatic N) is 3. The third kappa shape index (κ3) is 3.50. The maximum Gasteiger partial charge on any atom is 0.244 e. The highest BCUT2D eigenvalue weighted by Gasteiger charge is 2.34.